The number of carbonyl (C=O) groups is 2. The number of sulfonamides is 1. The predicted octanol–water partition coefficient (Wildman–Crippen LogP) is 6.53. The second kappa shape index (κ2) is 13.3. The quantitative estimate of drug-likeness (QED) is 0.280. The van der Waals surface area contributed by atoms with E-state index >= 15 is 0 Å². The molecule has 0 unspecified atom stereocenters. The molecular weight excluding hydrogens is 581 g/mol. The fraction of sp³-hybridized carbons (Fsp3) is 0.355. The molecule has 41 heavy (non-hydrogen) atoms. The van der Waals surface area contributed by atoms with Crippen molar-refractivity contribution < 1.29 is 18.0 Å². The molecule has 0 bridgehead atoms. The van der Waals surface area contributed by atoms with E-state index in [0.29, 0.717) is 27.7 Å². The Labute approximate surface area is 253 Å². The van der Waals surface area contributed by atoms with E-state index in [1.54, 1.807) is 55.5 Å². The van der Waals surface area contributed by atoms with Gasteiger partial charge in [-0.2, -0.15) is 0 Å². The normalized spacial score (nSPS) is 12.5. The SMILES string of the molecule is CC[C@@H](C(=O)NC(C)(C)C)N(Cc1ccc(Cl)cc1Cl)C(=O)CN(c1cccc(C)c1)S(=O)(=O)c1ccc(C)cc1. The van der Waals surface area contributed by atoms with Crippen molar-refractivity contribution in [2.45, 2.75) is 71.0 Å². The molecule has 0 aliphatic rings. The zero-order valence-electron chi connectivity index (χ0n) is 24.2. The Bertz CT molecular complexity index is 1500. The molecule has 220 valence electrons. The molecule has 1 atom stereocenters. The van der Waals surface area contributed by atoms with Crippen molar-refractivity contribution in [2.24, 2.45) is 0 Å². The van der Waals surface area contributed by atoms with Crippen LogP contribution in [0.4, 0.5) is 5.69 Å². The number of nitrogens with one attached hydrogen (secondary N) is 1. The summed E-state index contributed by atoms with van der Waals surface area (Å²) in [6.07, 6.45) is 0.300. The second-order valence-electron chi connectivity index (χ2n) is 11.1. The minimum atomic E-state index is -4.14. The molecule has 0 heterocycles. The van der Waals surface area contributed by atoms with E-state index in [0.717, 1.165) is 15.4 Å². The van der Waals surface area contributed by atoms with Crippen LogP contribution in [-0.2, 0) is 26.2 Å². The van der Waals surface area contributed by atoms with Crippen LogP contribution >= 0.6 is 23.2 Å². The Hall–Kier alpha value is -3.07. The average molecular weight is 619 g/mol. The van der Waals surface area contributed by atoms with Gasteiger partial charge in [0.1, 0.15) is 12.6 Å². The first-order chi connectivity index (χ1) is 19.1. The van der Waals surface area contributed by atoms with Crippen LogP contribution in [0.15, 0.2) is 71.6 Å². The topological polar surface area (TPSA) is 86.8 Å². The van der Waals surface area contributed by atoms with E-state index in [2.05, 4.69) is 5.32 Å². The molecule has 0 radical (unpaired) electrons. The Balaban J connectivity index is 2.10. The third-order valence-corrected chi connectivity index (χ3v) is 8.79. The molecule has 0 aliphatic heterocycles. The van der Waals surface area contributed by atoms with E-state index in [1.807, 2.05) is 40.7 Å². The lowest BCUT2D eigenvalue weighted by Crippen LogP contribution is -2.55. The smallest absolute Gasteiger partial charge is 0.264 e. The van der Waals surface area contributed by atoms with Gasteiger partial charge in [-0.15, -0.1) is 0 Å². The number of hydrogen-bond acceptors (Lipinski definition) is 4. The first-order valence-corrected chi connectivity index (χ1v) is 15.5. The summed E-state index contributed by atoms with van der Waals surface area (Å²) in [4.78, 5) is 29.0. The minimum absolute atomic E-state index is 0.0167. The summed E-state index contributed by atoms with van der Waals surface area (Å²) in [5, 5.41) is 3.72. The number of nitrogens with zero attached hydrogens (tertiary/aromatic N) is 2. The molecule has 3 rings (SSSR count). The highest BCUT2D eigenvalue weighted by molar-refractivity contribution is 7.92. The summed E-state index contributed by atoms with van der Waals surface area (Å²) < 4.78 is 29.0. The van der Waals surface area contributed by atoms with Crippen molar-refractivity contribution in [3.8, 4) is 0 Å². The lowest BCUT2D eigenvalue weighted by Gasteiger charge is -2.35. The van der Waals surface area contributed by atoms with Crippen LogP contribution in [0.3, 0.4) is 0 Å². The van der Waals surface area contributed by atoms with Crippen molar-refractivity contribution >= 4 is 50.7 Å². The highest BCUT2D eigenvalue weighted by atomic mass is 35.5. The van der Waals surface area contributed by atoms with Gasteiger partial charge < -0.3 is 10.2 Å². The molecule has 3 aromatic carbocycles. The van der Waals surface area contributed by atoms with E-state index < -0.39 is 34.1 Å². The van der Waals surface area contributed by atoms with Gasteiger partial charge in [0.25, 0.3) is 10.0 Å². The number of benzene rings is 3. The monoisotopic (exact) mass is 617 g/mol. The Kier molecular flexibility index (Phi) is 10.5. The number of amides is 2. The number of anilines is 1. The summed E-state index contributed by atoms with van der Waals surface area (Å²) in [5.74, 6) is -0.897. The fourth-order valence-corrected chi connectivity index (χ4v) is 6.23. The Morgan fingerprint density at radius 1 is 0.927 bits per heavy atom. The largest absolute Gasteiger partial charge is 0.350 e. The highest BCUT2D eigenvalue weighted by Gasteiger charge is 2.35. The van der Waals surface area contributed by atoms with Crippen LogP contribution in [0.5, 0.6) is 0 Å². The standard InChI is InChI=1S/C31H37Cl2N3O4S/c1-7-28(30(38)34-31(4,5)6)35(19-23-13-14-24(32)18-27(23)33)29(37)20-36(25-10-8-9-22(3)17-25)41(39,40)26-15-11-21(2)12-16-26/h8-18,28H,7,19-20H2,1-6H3,(H,34,38)/t28-/m0/s1. The van der Waals surface area contributed by atoms with Gasteiger partial charge in [0.15, 0.2) is 0 Å². The summed E-state index contributed by atoms with van der Waals surface area (Å²) in [7, 11) is -4.14. The minimum Gasteiger partial charge on any atom is -0.350 e. The van der Waals surface area contributed by atoms with Crippen molar-refractivity contribution in [1.29, 1.82) is 0 Å². The maximum absolute atomic E-state index is 14.2. The first kappa shape index (κ1) is 32.4. The van der Waals surface area contributed by atoms with Crippen molar-refractivity contribution in [2.75, 3.05) is 10.8 Å². The van der Waals surface area contributed by atoms with Gasteiger partial charge in [0.2, 0.25) is 11.8 Å². The molecule has 10 heteroatoms. The molecule has 0 saturated heterocycles. The molecule has 0 fully saturated rings. The molecule has 7 nitrogen and oxygen atoms in total. The summed E-state index contributed by atoms with van der Waals surface area (Å²) in [5.41, 5.74) is 2.12. The zero-order valence-corrected chi connectivity index (χ0v) is 26.6. The highest BCUT2D eigenvalue weighted by Crippen LogP contribution is 2.27. The van der Waals surface area contributed by atoms with Crippen LogP contribution in [-0.4, -0.2) is 43.3 Å². The maximum Gasteiger partial charge on any atom is 0.264 e. The van der Waals surface area contributed by atoms with Crippen molar-refractivity contribution in [3.63, 3.8) is 0 Å². The van der Waals surface area contributed by atoms with Gasteiger partial charge in [0, 0.05) is 22.1 Å². The van der Waals surface area contributed by atoms with Gasteiger partial charge in [-0.1, -0.05) is 66.0 Å². The van der Waals surface area contributed by atoms with Gasteiger partial charge >= 0.3 is 0 Å². The van der Waals surface area contributed by atoms with Crippen molar-refractivity contribution in [3.05, 3.63) is 93.5 Å². The fourth-order valence-electron chi connectivity index (χ4n) is 4.36. The summed E-state index contributed by atoms with van der Waals surface area (Å²) in [6, 6.07) is 17.5. The van der Waals surface area contributed by atoms with Crippen LogP contribution in [0.1, 0.15) is 50.8 Å². The van der Waals surface area contributed by atoms with E-state index in [1.165, 1.54) is 17.0 Å². The maximum atomic E-state index is 14.2. The van der Waals surface area contributed by atoms with E-state index in [4.69, 9.17) is 23.2 Å². The average Bonchev–Trinajstić information content (AvgIpc) is 2.87. The van der Waals surface area contributed by atoms with Gasteiger partial charge in [-0.25, -0.2) is 8.42 Å². The summed E-state index contributed by atoms with van der Waals surface area (Å²) >= 11 is 12.6. The molecule has 2 amide bonds. The Morgan fingerprint density at radius 2 is 1.59 bits per heavy atom. The molecule has 0 aromatic heterocycles. The molecule has 0 aliphatic carbocycles. The van der Waals surface area contributed by atoms with Crippen LogP contribution in [0.2, 0.25) is 10.0 Å². The number of halogens is 2. The number of rotatable bonds is 10. The Morgan fingerprint density at radius 3 is 2.15 bits per heavy atom. The third kappa shape index (κ3) is 8.47. The van der Waals surface area contributed by atoms with Gasteiger partial charge in [0.05, 0.1) is 10.6 Å². The second-order valence-corrected chi connectivity index (χ2v) is 13.8. The van der Waals surface area contributed by atoms with E-state index in [9.17, 15) is 18.0 Å². The third-order valence-electron chi connectivity index (χ3n) is 6.42. The first-order valence-electron chi connectivity index (χ1n) is 13.3. The van der Waals surface area contributed by atoms with Gasteiger partial charge in [-0.3, -0.25) is 13.9 Å². The molecular formula is C31H37Cl2N3O4S. The van der Waals surface area contributed by atoms with Crippen LogP contribution in [0.25, 0.3) is 0 Å². The predicted molar refractivity (Wildman–Crippen MR) is 166 cm³/mol. The number of aryl methyl sites for hydroxylation is 2. The molecule has 0 saturated carbocycles. The van der Waals surface area contributed by atoms with Gasteiger partial charge in [-0.05, 0) is 88.6 Å². The molecule has 0 spiro atoms. The number of hydrogen-bond donors (Lipinski definition) is 1. The zero-order chi connectivity index (χ0) is 30.5. The van der Waals surface area contributed by atoms with Crippen LogP contribution in [0, 0.1) is 13.8 Å². The number of carbonyl (C=O) groups excluding carboxylic acids is 2. The van der Waals surface area contributed by atoms with E-state index in [-0.39, 0.29) is 17.3 Å². The molecule has 3 aromatic rings. The summed E-state index contributed by atoms with van der Waals surface area (Å²) in [6.45, 7) is 10.5. The lowest BCUT2D eigenvalue weighted by molar-refractivity contribution is -0.141. The molecule has 1 N–H and O–H groups in total. The van der Waals surface area contributed by atoms with Crippen molar-refractivity contribution in [1.82, 2.24) is 10.2 Å². The van der Waals surface area contributed by atoms with Crippen LogP contribution < -0.4 is 9.62 Å². The lowest BCUT2D eigenvalue weighted by atomic mass is 10.1.